The summed E-state index contributed by atoms with van der Waals surface area (Å²) in [7, 11) is 1.56. The summed E-state index contributed by atoms with van der Waals surface area (Å²) in [5.41, 5.74) is 0.842. The van der Waals surface area contributed by atoms with E-state index in [4.69, 9.17) is 4.74 Å². The van der Waals surface area contributed by atoms with E-state index in [0.29, 0.717) is 35.3 Å². The van der Waals surface area contributed by atoms with Gasteiger partial charge in [-0.25, -0.2) is 13.8 Å². The number of para-hydroxylation sites is 1. The zero-order chi connectivity index (χ0) is 24.1. The lowest BCUT2D eigenvalue weighted by atomic mass is 10.1. The Hall–Kier alpha value is -4.04. The van der Waals surface area contributed by atoms with E-state index in [0.717, 1.165) is 10.1 Å². The minimum absolute atomic E-state index is 0.0218. The monoisotopic (exact) mass is 461 g/mol. The van der Waals surface area contributed by atoms with Crippen LogP contribution in [-0.2, 0) is 22.5 Å². The van der Waals surface area contributed by atoms with Crippen molar-refractivity contribution >= 4 is 16.8 Å². The summed E-state index contributed by atoms with van der Waals surface area (Å²) in [5, 5.41) is 3.10. The van der Waals surface area contributed by atoms with E-state index in [2.05, 4.69) is 5.32 Å². The zero-order valence-corrected chi connectivity index (χ0v) is 18.7. The van der Waals surface area contributed by atoms with Gasteiger partial charge in [-0.1, -0.05) is 42.5 Å². The number of carbonyl (C=O) groups excluding carboxylic acids is 1. The van der Waals surface area contributed by atoms with Crippen LogP contribution in [0.2, 0.25) is 0 Å². The van der Waals surface area contributed by atoms with Gasteiger partial charge in [-0.05, 0) is 35.9 Å². The Morgan fingerprint density at radius 1 is 0.971 bits per heavy atom. The predicted octanol–water partition coefficient (Wildman–Crippen LogP) is 2.64. The lowest BCUT2D eigenvalue weighted by Gasteiger charge is -2.15. The number of carbonyl (C=O) groups is 1. The van der Waals surface area contributed by atoms with Crippen molar-refractivity contribution in [1.29, 1.82) is 0 Å². The van der Waals surface area contributed by atoms with E-state index >= 15 is 0 Å². The maximum absolute atomic E-state index is 14.3. The molecule has 0 atom stereocenters. The molecule has 0 fully saturated rings. The Morgan fingerprint density at radius 2 is 1.68 bits per heavy atom. The molecule has 0 aliphatic rings. The molecule has 7 nitrogen and oxygen atoms in total. The number of hydrogen-bond donors (Lipinski definition) is 1. The molecule has 174 valence electrons. The van der Waals surface area contributed by atoms with Gasteiger partial charge in [-0.2, -0.15) is 0 Å². The molecular weight excluding hydrogens is 437 g/mol. The normalized spacial score (nSPS) is 11.0. The third kappa shape index (κ3) is 4.82. The quantitative estimate of drug-likeness (QED) is 0.409. The largest absolute Gasteiger partial charge is 0.383 e. The molecule has 0 saturated carbocycles. The molecule has 34 heavy (non-hydrogen) atoms. The summed E-state index contributed by atoms with van der Waals surface area (Å²) in [6, 6.07) is 19.7. The average molecular weight is 461 g/mol. The Labute approximate surface area is 195 Å². The minimum Gasteiger partial charge on any atom is -0.383 e. The molecule has 1 aromatic heterocycles. The van der Waals surface area contributed by atoms with Gasteiger partial charge in [0.15, 0.2) is 0 Å². The molecule has 8 heteroatoms. The molecule has 4 rings (SSSR count). The van der Waals surface area contributed by atoms with Crippen molar-refractivity contribution in [3.05, 3.63) is 111 Å². The standard InChI is InChI=1S/C26H24FN3O4/c1-34-15-14-28-24(31)16-18-10-12-20(13-11-18)30-25(32)21-7-3-5-9-23(21)29(26(30)33)17-19-6-2-4-8-22(19)27/h2-13H,14-17H2,1H3,(H,28,31). The fourth-order valence-corrected chi connectivity index (χ4v) is 3.80. The molecule has 0 aliphatic carbocycles. The zero-order valence-electron chi connectivity index (χ0n) is 18.7. The van der Waals surface area contributed by atoms with E-state index < -0.39 is 17.1 Å². The first-order chi connectivity index (χ1) is 16.5. The molecule has 1 N–H and O–H groups in total. The predicted molar refractivity (Wildman–Crippen MR) is 128 cm³/mol. The van der Waals surface area contributed by atoms with Crippen molar-refractivity contribution in [1.82, 2.24) is 14.5 Å². The Balaban J connectivity index is 1.73. The summed E-state index contributed by atoms with van der Waals surface area (Å²) in [6.07, 6.45) is 0.161. The number of ether oxygens (including phenoxy) is 1. The van der Waals surface area contributed by atoms with Gasteiger partial charge in [0.1, 0.15) is 5.82 Å². The van der Waals surface area contributed by atoms with Crippen molar-refractivity contribution in [2.45, 2.75) is 13.0 Å². The minimum atomic E-state index is -0.572. The van der Waals surface area contributed by atoms with E-state index in [9.17, 15) is 18.8 Å². The fraction of sp³-hybridized carbons (Fsp3) is 0.192. The summed E-state index contributed by atoms with van der Waals surface area (Å²) < 4.78 is 21.7. The van der Waals surface area contributed by atoms with Crippen molar-refractivity contribution < 1.29 is 13.9 Å². The van der Waals surface area contributed by atoms with Crippen molar-refractivity contribution in [3.63, 3.8) is 0 Å². The summed E-state index contributed by atoms with van der Waals surface area (Å²) in [5.74, 6) is -0.579. The number of rotatable bonds is 8. The van der Waals surface area contributed by atoms with Gasteiger partial charge in [0.05, 0.1) is 36.2 Å². The Morgan fingerprint density at radius 3 is 2.41 bits per heavy atom. The summed E-state index contributed by atoms with van der Waals surface area (Å²) >= 11 is 0. The number of aromatic nitrogens is 2. The number of hydrogen-bond acceptors (Lipinski definition) is 4. The molecule has 1 amide bonds. The molecule has 3 aromatic carbocycles. The van der Waals surface area contributed by atoms with Crippen LogP contribution in [0.5, 0.6) is 0 Å². The van der Waals surface area contributed by atoms with Crippen LogP contribution in [0.1, 0.15) is 11.1 Å². The van der Waals surface area contributed by atoms with Crippen molar-refractivity contribution in [2.24, 2.45) is 0 Å². The van der Waals surface area contributed by atoms with Crippen LogP contribution in [0.15, 0.2) is 82.4 Å². The highest BCUT2D eigenvalue weighted by molar-refractivity contribution is 5.79. The van der Waals surface area contributed by atoms with Crippen LogP contribution in [0.3, 0.4) is 0 Å². The lowest BCUT2D eigenvalue weighted by molar-refractivity contribution is -0.120. The first-order valence-electron chi connectivity index (χ1n) is 10.8. The van der Waals surface area contributed by atoms with Gasteiger partial charge in [-0.3, -0.25) is 14.2 Å². The molecule has 0 bridgehead atoms. The van der Waals surface area contributed by atoms with Crippen LogP contribution in [0.25, 0.3) is 16.6 Å². The molecule has 1 heterocycles. The number of halogens is 1. The Kier molecular flexibility index (Phi) is 6.98. The maximum Gasteiger partial charge on any atom is 0.336 e. The van der Waals surface area contributed by atoms with Crippen molar-refractivity contribution in [3.8, 4) is 5.69 Å². The topological polar surface area (TPSA) is 82.3 Å². The summed E-state index contributed by atoms with van der Waals surface area (Å²) in [4.78, 5) is 38.7. The van der Waals surface area contributed by atoms with Gasteiger partial charge in [0.25, 0.3) is 5.56 Å². The molecule has 4 aromatic rings. The van der Waals surface area contributed by atoms with E-state index in [1.165, 1.54) is 10.6 Å². The van der Waals surface area contributed by atoms with Crippen LogP contribution < -0.4 is 16.6 Å². The molecular formula is C26H24FN3O4. The van der Waals surface area contributed by atoms with Crippen LogP contribution in [-0.4, -0.2) is 35.3 Å². The van der Waals surface area contributed by atoms with Crippen LogP contribution >= 0.6 is 0 Å². The molecule has 0 saturated heterocycles. The second kappa shape index (κ2) is 10.3. The average Bonchev–Trinajstić information content (AvgIpc) is 2.84. The molecule has 0 unspecified atom stereocenters. The van der Waals surface area contributed by atoms with Gasteiger partial charge in [0.2, 0.25) is 5.91 Å². The number of nitrogens with zero attached hydrogens (tertiary/aromatic N) is 2. The van der Waals surface area contributed by atoms with Gasteiger partial charge in [-0.15, -0.1) is 0 Å². The second-order valence-electron chi connectivity index (χ2n) is 7.80. The molecule has 0 spiro atoms. The van der Waals surface area contributed by atoms with Crippen molar-refractivity contribution in [2.75, 3.05) is 20.3 Å². The fourth-order valence-electron chi connectivity index (χ4n) is 3.80. The summed E-state index contributed by atoms with van der Waals surface area (Å²) in [6.45, 7) is 0.822. The van der Waals surface area contributed by atoms with Gasteiger partial charge in [0, 0.05) is 19.2 Å². The number of nitrogens with one attached hydrogen (secondary N) is 1. The number of amides is 1. The first-order valence-corrected chi connectivity index (χ1v) is 10.8. The van der Waals surface area contributed by atoms with E-state index in [1.807, 2.05) is 0 Å². The highest BCUT2D eigenvalue weighted by atomic mass is 19.1. The number of methoxy groups -OCH3 is 1. The third-order valence-corrected chi connectivity index (χ3v) is 5.52. The number of fused-ring (bicyclic) bond motifs is 1. The molecule has 0 aliphatic heterocycles. The highest BCUT2D eigenvalue weighted by Crippen LogP contribution is 2.14. The molecule has 0 radical (unpaired) electrons. The van der Waals surface area contributed by atoms with Crippen LogP contribution in [0.4, 0.5) is 4.39 Å². The Bertz CT molecular complexity index is 1440. The SMILES string of the molecule is COCCNC(=O)Cc1ccc(-n2c(=O)c3ccccc3n(Cc3ccccc3F)c2=O)cc1. The number of benzene rings is 3. The third-order valence-electron chi connectivity index (χ3n) is 5.52. The maximum atomic E-state index is 14.3. The second-order valence-corrected chi connectivity index (χ2v) is 7.80. The van der Waals surface area contributed by atoms with Gasteiger partial charge < -0.3 is 10.1 Å². The van der Waals surface area contributed by atoms with E-state index in [1.54, 1.807) is 73.8 Å². The highest BCUT2D eigenvalue weighted by Gasteiger charge is 2.16. The lowest BCUT2D eigenvalue weighted by Crippen LogP contribution is -2.39. The van der Waals surface area contributed by atoms with Crippen LogP contribution in [0, 0.1) is 5.82 Å². The van der Waals surface area contributed by atoms with Gasteiger partial charge >= 0.3 is 5.69 Å². The smallest absolute Gasteiger partial charge is 0.336 e. The van der Waals surface area contributed by atoms with E-state index in [-0.39, 0.29) is 18.9 Å². The first kappa shape index (κ1) is 23.1.